The Morgan fingerprint density at radius 3 is 1.52 bits per heavy atom. The summed E-state index contributed by atoms with van der Waals surface area (Å²) >= 11 is 0. The minimum atomic E-state index is -1.32. The molecule has 6 heteroatoms. The lowest BCUT2D eigenvalue weighted by Gasteiger charge is -2.25. The highest BCUT2D eigenvalue weighted by Crippen LogP contribution is 2.19. The van der Waals surface area contributed by atoms with Gasteiger partial charge in [-0.05, 0) is 48.5 Å². The highest BCUT2D eigenvalue weighted by Gasteiger charge is 2.36. The molecule has 0 saturated heterocycles. The van der Waals surface area contributed by atoms with Crippen molar-refractivity contribution in [2.75, 3.05) is 6.61 Å². The fraction of sp³-hybridized carbons (Fsp3) is 0.800. The Morgan fingerprint density at radius 2 is 1.24 bits per heavy atom. The Balaban J connectivity index is 5.04. The van der Waals surface area contributed by atoms with Gasteiger partial charge in [0.1, 0.15) is 11.2 Å². The second kappa shape index (κ2) is 7.43. The first-order valence-corrected chi connectivity index (χ1v) is 6.97. The molecule has 0 aliphatic heterocycles. The van der Waals surface area contributed by atoms with E-state index < -0.39 is 41.4 Å². The molecule has 0 spiro atoms. The lowest BCUT2D eigenvalue weighted by Crippen LogP contribution is -2.38. The Kier molecular flexibility index (Phi) is 6.86. The molecule has 0 radical (unpaired) electrons. The first-order chi connectivity index (χ1) is 9.35. The minimum Gasteiger partial charge on any atom is -0.466 e. The zero-order valence-electron chi connectivity index (χ0n) is 13.9. The smallest absolute Gasteiger partial charge is 0.321 e. The number of rotatable bonds is 5. The van der Waals surface area contributed by atoms with Crippen LogP contribution in [0.25, 0.3) is 0 Å². The summed E-state index contributed by atoms with van der Waals surface area (Å²) in [5, 5.41) is 0. The van der Waals surface area contributed by atoms with Gasteiger partial charge in [-0.15, -0.1) is 0 Å². The maximum Gasteiger partial charge on any atom is 0.321 e. The van der Waals surface area contributed by atoms with Gasteiger partial charge in [-0.25, -0.2) is 0 Å². The summed E-state index contributed by atoms with van der Waals surface area (Å²) in [5.74, 6) is -3.53. The van der Waals surface area contributed by atoms with Crippen LogP contribution < -0.4 is 0 Å². The average molecular weight is 302 g/mol. The van der Waals surface area contributed by atoms with Crippen molar-refractivity contribution in [2.24, 2.45) is 5.92 Å². The van der Waals surface area contributed by atoms with Crippen LogP contribution in [0.15, 0.2) is 0 Å². The summed E-state index contributed by atoms with van der Waals surface area (Å²) in [5.41, 5.74) is -1.52. The van der Waals surface area contributed by atoms with Gasteiger partial charge in [-0.1, -0.05) is 0 Å². The zero-order chi connectivity index (χ0) is 16.8. The van der Waals surface area contributed by atoms with Gasteiger partial charge in [0.05, 0.1) is 13.0 Å². The van der Waals surface area contributed by atoms with Crippen LogP contribution in [-0.2, 0) is 28.6 Å². The van der Waals surface area contributed by atoms with Crippen molar-refractivity contribution in [1.82, 2.24) is 0 Å². The topological polar surface area (TPSA) is 78.9 Å². The third kappa shape index (κ3) is 9.05. The first-order valence-electron chi connectivity index (χ1n) is 6.97. The van der Waals surface area contributed by atoms with Crippen molar-refractivity contribution in [3.63, 3.8) is 0 Å². The Hall–Kier alpha value is -1.59. The fourth-order valence-electron chi connectivity index (χ4n) is 1.40. The number of hydrogen-bond donors (Lipinski definition) is 0. The fourth-order valence-corrected chi connectivity index (χ4v) is 1.40. The SMILES string of the molecule is CCOC(=O)CC(C(=O)OC(C)(C)C)C(=O)OC(C)(C)C. The molecule has 0 atom stereocenters. The van der Waals surface area contributed by atoms with Gasteiger partial charge in [0, 0.05) is 0 Å². The van der Waals surface area contributed by atoms with Gasteiger partial charge < -0.3 is 14.2 Å². The molecule has 0 aliphatic carbocycles. The first kappa shape index (κ1) is 19.4. The Morgan fingerprint density at radius 1 is 0.857 bits per heavy atom. The van der Waals surface area contributed by atoms with Crippen molar-refractivity contribution in [3.05, 3.63) is 0 Å². The van der Waals surface area contributed by atoms with Crippen LogP contribution in [-0.4, -0.2) is 35.7 Å². The molecule has 0 heterocycles. The molecule has 0 aromatic heterocycles. The molecule has 0 saturated carbocycles. The van der Waals surface area contributed by atoms with Gasteiger partial charge in [0.15, 0.2) is 5.92 Å². The molecule has 0 aliphatic rings. The van der Waals surface area contributed by atoms with Crippen LogP contribution in [0.4, 0.5) is 0 Å². The van der Waals surface area contributed by atoms with Crippen molar-refractivity contribution >= 4 is 17.9 Å². The molecular formula is C15H26O6. The lowest BCUT2D eigenvalue weighted by atomic mass is 10.0. The van der Waals surface area contributed by atoms with Crippen LogP contribution in [0.1, 0.15) is 54.9 Å². The predicted molar refractivity (Wildman–Crippen MR) is 76.4 cm³/mol. The van der Waals surface area contributed by atoms with E-state index in [0.29, 0.717) is 0 Å². The number of carbonyl (C=O) groups is 3. The van der Waals surface area contributed by atoms with Crippen LogP contribution in [0.3, 0.4) is 0 Å². The van der Waals surface area contributed by atoms with Crippen molar-refractivity contribution in [1.29, 1.82) is 0 Å². The molecule has 0 fully saturated rings. The quantitative estimate of drug-likeness (QED) is 0.440. The van der Waals surface area contributed by atoms with E-state index in [2.05, 4.69) is 0 Å². The summed E-state index contributed by atoms with van der Waals surface area (Å²) in [4.78, 5) is 35.7. The summed E-state index contributed by atoms with van der Waals surface area (Å²) in [6, 6.07) is 0. The van der Waals surface area contributed by atoms with Crippen LogP contribution >= 0.6 is 0 Å². The third-order valence-corrected chi connectivity index (χ3v) is 2.06. The van der Waals surface area contributed by atoms with Crippen molar-refractivity contribution < 1.29 is 28.6 Å². The minimum absolute atomic E-state index is 0.175. The van der Waals surface area contributed by atoms with Crippen molar-refractivity contribution in [3.8, 4) is 0 Å². The maximum absolute atomic E-state index is 12.1. The van der Waals surface area contributed by atoms with E-state index in [9.17, 15) is 14.4 Å². The van der Waals surface area contributed by atoms with Crippen LogP contribution in [0.5, 0.6) is 0 Å². The Labute approximate surface area is 126 Å². The molecular weight excluding hydrogens is 276 g/mol. The summed E-state index contributed by atoms with van der Waals surface area (Å²) in [6.07, 6.45) is -0.391. The lowest BCUT2D eigenvalue weighted by molar-refractivity contribution is -0.177. The summed E-state index contributed by atoms with van der Waals surface area (Å²) in [6.45, 7) is 11.9. The highest BCUT2D eigenvalue weighted by molar-refractivity contribution is 5.98. The number of ether oxygens (including phenoxy) is 3. The monoisotopic (exact) mass is 302 g/mol. The van der Waals surface area contributed by atoms with E-state index in [4.69, 9.17) is 14.2 Å². The molecule has 0 unspecified atom stereocenters. The van der Waals surface area contributed by atoms with Gasteiger partial charge in [-0.3, -0.25) is 14.4 Å². The van der Waals surface area contributed by atoms with E-state index in [1.54, 1.807) is 48.5 Å². The molecule has 0 amide bonds. The number of carbonyl (C=O) groups excluding carboxylic acids is 3. The van der Waals surface area contributed by atoms with E-state index in [1.165, 1.54) is 0 Å². The van der Waals surface area contributed by atoms with Gasteiger partial charge in [0.25, 0.3) is 0 Å². The molecule has 21 heavy (non-hydrogen) atoms. The largest absolute Gasteiger partial charge is 0.466 e. The zero-order valence-corrected chi connectivity index (χ0v) is 13.9. The molecule has 0 N–H and O–H groups in total. The second-order valence-electron chi connectivity index (χ2n) is 6.63. The highest BCUT2D eigenvalue weighted by atomic mass is 16.6. The molecule has 0 aromatic rings. The Bertz CT molecular complexity index is 358. The van der Waals surface area contributed by atoms with E-state index in [-0.39, 0.29) is 6.61 Å². The van der Waals surface area contributed by atoms with E-state index in [1.807, 2.05) is 0 Å². The van der Waals surface area contributed by atoms with Crippen LogP contribution in [0.2, 0.25) is 0 Å². The van der Waals surface area contributed by atoms with Crippen molar-refractivity contribution in [2.45, 2.75) is 66.1 Å². The van der Waals surface area contributed by atoms with E-state index in [0.717, 1.165) is 0 Å². The standard InChI is InChI=1S/C15H26O6/c1-8-19-11(16)9-10(12(17)20-14(2,3)4)13(18)21-15(5,6)7/h10H,8-9H2,1-7H3. The summed E-state index contributed by atoms with van der Waals surface area (Å²) in [7, 11) is 0. The maximum atomic E-state index is 12.1. The third-order valence-electron chi connectivity index (χ3n) is 2.06. The number of hydrogen-bond acceptors (Lipinski definition) is 6. The summed E-state index contributed by atoms with van der Waals surface area (Å²) < 4.78 is 15.1. The average Bonchev–Trinajstić information content (AvgIpc) is 2.20. The predicted octanol–water partition coefficient (Wildman–Crippen LogP) is 2.24. The normalized spacial score (nSPS) is 12.0. The van der Waals surface area contributed by atoms with Gasteiger partial charge in [-0.2, -0.15) is 0 Å². The molecule has 0 rings (SSSR count). The van der Waals surface area contributed by atoms with Gasteiger partial charge >= 0.3 is 17.9 Å². The van der Waals surface area contributed by atoms with E-state index >= 15 is 0 Å². The van der Waals surface area contributed by atoms with Gasteiger partial charge in [0.2, 0.25) is 0 Å². The second-order valence-corrected chi connectivity index (χ2v) is 6.63. The molecule has 6 nitrogen and oxygen atoms in total. The molecule has 0 bridgehead atoms. The number of esters is 3. The van der Waals surface area contributed by atoms with Crippen LogP contribution in [0, 0.1) is 5.92 Å². The molecule has 0 aromatic carbocycles. The molecule has 122 valence electrons.